The molecule has 0 aliphatic carbocycles. The van der Waals surface area contributed by atoms with E-state index in [4.69, 9.17) is 14.2 Å². The first-order chi connectivity index (χ1) is 12.0. The van der Waals surface area contributed by atoms with Gasteiger partial charge in [0.25, 0.3) is 0 Å². The minimum atomic E-state index is -2.87. The van der Waals surface area contributed by atoms with E-state index in [1.807, 2.05) is 0 Å². The number of alkyl halides is 2. The number of hydrogen-bond donors (Lipinski definition) is 0. The summed E-state index contributed by atoms with van der Waals surface area (Å²) in [6.45, 7) is -2.83. The van der Waals surface area contributed by atoms with Gasteiger partial charge in [-0.05, 0) is 35.4 Å². The number of carbonyl (C=O) groups is 1. The van der Waals surface area contributed by atoms with Crippen molar-refractivity contribution < 1.29 is 32.5 Å². The van der Waals surface area contributed by atoms with E-state index in [9.17, 15) is 13.6 Å². The Morgan fingerprint density at radius 3 is 2.20 bits per heavy atom. The SMILES string of the molecule is COc1ccc(CC(=O)OCc2ccc(OC(F)F)cc2)cc1OC. The van der Waals surface area contributed by atoms with Gasteiger partial charge in [0.05, 0.1) is 20.6 Å². The number of ether oxygens (including phenoxy) is 4. The van der Waals surface area contributed by atoms with Crippen molar-refractivity contribution in [3.63, 3.8) is 0 Å². The average molecular weight is 352 g/mol. The fourth-order valence-electron chi connectivity index (χ4n) is 2.14. The molecule has 2 aromatic rings. The van der Waals surface area contributed by atoms with Crippen LogP contribution in [-0.4, -0.2) is 26.8 Å². The van der Waals surface area contributed by atoms with Crippen LogP contribution in [0.15, 0.2) is 42.5 Å². The number of hydrogen-bond acceptors (Lipinski definition) is 5. The highest BCUT2D eigenvalue weighted by molar-refractivity contribution is 5.73. The molecule has 0 spiro atoms. The second-order valence-corrected chi connectivity index (χ2v) is 5.05. The van der Waals surface area contributed by atoms with Crippen LogP contribution in [-0.2, 0) is 22.6 Å². The fourth-order valence-corrected chi connectivity index (χ4v) is 2.14. The molecule has 0 heterocycles. The van der Waals surface area contributed by atoms with Crippen LogP contribution in [0.25, 0.3) is 0 Å². The third-order valence-corrected chi connectivity index (χ3v) is 3.34. The van der Waals surface area contributed by atoms with Gasteiger partial charge < -0.3 is 18.9 Å². The van der Waals surface area contributed by atoms with Gasteiger partial charge in [-0.1, -0.05) is 18.2 Å². The van der Waals surface area contributed by atoms with Crippen molar-refractivity contribution in [1.82, 2.24) is 0 Å². The summed E-state index contributed by atoms with van der Waals surface area (Å²) < 4.78 is 43.9. The lowest BCUT2D eigenvalue weighted by atomic mass is 10.1. The molecule has 0 radical (unpaired) electrons. The summed E-state index contributed by atoms with van der Waals surface area (Å²) in [5, 5.41) is 0. The van der Waals surface area contributed by atoms with Crippen LogP contribution in [0.5, 0.6) is 17.2 Å². The number of esters is 1. The topological polar surface area (TPSA) is 54.0 Å². The van der Waals surface area contributed by atoms with Crippen LogP contribution in [0.1, 0.15) is 11.1 Å². The standard InChI is InChI=1S/C18H18F2O5/c1-22-15-8-5-13(9-16(15)23-2)10-17(21)24-11-12-3-6-14(7-4-12)25-18(19)20/h3-9,18H,10-11H2,1-2H3. The zero-order valence-electron chi connectivity index (χ0n) is 13.8. The smallest absolute Gasteiger partial charge is 0.387 e. The van der Waals surface area contributed by atoms with Crippen LogP contribution in [0.2, 0.25) is 0 Å². The zero-order chi connectivity index (χ0) is 18.2. The molecular weight excluding hydrogens is 334 g/mol. The Hall–Kier alpha value is -2.83. The lowest BCUT2D eigenvalue weighted by molar-refractivity contribution is -0.144. The van der Waals surface area contributed by atoms with Crippen LogP contribution in [0.3, 0.4) is 0 Å². The molecule has 7 heteroatoms. The van der Waals surface area contributed by atoms with Gasteiger partial charge in [-0.3, -0.25) is 4.79 Å². The first kappa shape index (κ1) is 18.5. The zero-order valence-corrected chi connectivity index (χ0v) is 13.8. The van der Waals surface area contributed by atoms with E-state index in [0.717, 1.165) is 5.56 Å². The molecule has 0 saturated carbocycles. The lowest BCUT2D eigenvalue weighted by Crippen LogP contribution is -2.08. The Balaban J connectivity index is 1.88. The van der Waals surface area contributed by atoms with Gasteiger partial charge in [-0.2, -0.15) is 8.78 Å². The van der Waals surface area contributed by atoms with Gasteiger partial charge in [0, 0.05) is 0 Å². The number of benzene rings is 2. The van der Waals surface area contributed by atoms with E-state index < -0.39 is 12.6 Å². The maximum absolute atomic E-state index is 12.1. The number of halogens is 2. The third-order valence-electron chi connectivity index (χ3n) is 3.34. The second kappa shape index (κ2) is 8.86. The van der Waals surface area contributed by atoms with Crippen molar-refractivity contribution in [2.24, 2.45) is 0 Å². The number of methoxy groups -OCH3 is 2. The fraction of sp³-hybridized carbons (Fsp3) is 0.278. The van der Waals surface area contributed by atoms with Crippen LogP contribution in [0.4, 0.5) is 8.78 Å². The summed E-state index contributed by atoms with van der Waals surface area (Å²) in [7, 11) is 3.05. The molecule has 5 nitrogen and oxygen atoms in total. The van der Waals surface area contributed by atoms with Crippen LogP contribution in [0, 0.1) is 0 Å². The number of rotatable bonds is 8. The molecule has 0 N–H and O–H groups in total. The van der Waals surface area contributed by atoms with Gasteiger partial charge in [-0.15, -0.1) is 0 Å². The highest BCUT2D eigenvalue weighted by Crippen LogP contribution is 2.27. The van der Waals surface area contributed by atoms with Gasteiger partial charge >= 0.3 is 12.6 Å². The Morgan fingerprint density at radius 2 is 1.60 bits per heavy atom. The molecular formula is C18H18F2O5. The minimum absolute atomic E-state index is 0.0427. The highest BCUT2D eigenvalue weighted by atomic mass is 19.3. The first-order valence-corrected chi connectivity index (χ1v) is 7.42. The lowest BCUT2D eigenvalue weighted by Gasteiger charge is -2.10. The molecule has 0 bridgehead atoms. The summed E-state index contributed by atoms with van der Waals surface area (Å²) >= 11 is 0. The number of carbonyl (C=O) groups excluding carboxylic acids is 1. The molecule has 0 aliphatic rings. The molecule has 2 rings (SSSR count). The maximum Gasteiger partial charge on any atom is 0.387 e. The highest BCUT2D eigenvalue weighted by Gasteiger charge is 2.10. The van der Waals surface area contributed by atoms with Gasteiger partial charge in [0.15, 0.2) is 11.5 Å². The molecule has 0 unspecified atom stereocenters. The van der Waals surface area contributed by atoms with E-state index in [0.29, 0.717) is 17.1 Å². The van der Waals surface area contributed by atoms with E-state index in [1.54, 1.807) is 30.3 Å². The molecule has 0 atom stereocenters. The van der Waals surface area contributed by atoms with Gasteiger partial charge in [-0.25, -0.2) is 0 Å². The van der Waals surface area contributed by atoms with Crippen molar-refractivity contribution in [3.05, 3.63) is 53.6 Å². The minimum Gasteiger partial charge on any atom is -0.493 e. The predicted octanol–water partition coefficient (Wildman–Crippen LogP) is 3.59. The maximum atomic E-state index is 12.1. The Bertz CT molecular complexity index is 701. The van der Waals surface area contributed by atoms with Crippen molar-refractivity contribution in [2.75, 3.05) is 14.2 Å². The molecule has 134 valence electrons. The Morgan fingerprint density at radius 1 is 0.960 bits per heavy atom. The summed E-state index contributed by atoms with van der Waals surface area (Å²) in [5.74, 6) is 0.740. The first-order valence-electron chi connectivity index (χ1n) is 7.42. The third kappa shape index (κ3) is 5.63. The van der Waals surface area contributed by atoms with Crippen molar-refractivity contribution in [2.45, 2.75) is 19.6 Å². The Labute approximate surface area is 144 Å². The normalized spacial score (nSPS) is 10.4. The summed E-state index contributed by atoms with van der Waals surface area (Å²) in [6, 6.07) is 11.1. The Kier molecular flexibility index (Phi) is 6.56. The molecule has 0 amide bonds. The largest absolute Gasteiger partial charge is 0.493 e. The van der Waals surface area contributed by atoms with E-state index >= 15 is 0 Å². The summed E-state index contributed by atoms with van der Waals surface area (Å²) in [6.07, 6.45) is 0.0763. The van der Waals surface area contributed by atoms with Crippen LogP contribution >= 0.6 is 0 Å². The molecule has 0 saturated heterocycles. The quantitative estimate of drug-likeness (QED) is 0.680. The van der Waals surface area contributed by atoms with Crippen molar-refractivity contribution in [1.29, 1.82) is 0 Å². The van der Waals surface area contributed by atoms with Gasteiger partial charge in [0.1, 0.15) is 12.4 Å². The van der Waals surface area contributed by atoms with Crippen molar-refractivity contribution in [3.8, 4) is 17.2 Å². The van der Waals surface area contributed by atoms with Crippen LogP contribution < -0.4 is 14.2 Å². The summed E-state index contributed by atoms with van der Waals surface area (Å²) in [5.41, 5.74) is 1.39. The second-order valence-electron chi connectivity index (χ2n) is 5.05. The van der Waals surface area contributed by atoms with Crippen molar-refractivity contribution >= 4 is 5.97 Å². The monoisotopic (exact) mass is 352 g/mol. The predicted molar refractivity (Wildman–Crippen MR) is 86.1 cm³/mol. The van der Waals surface area contributed by atoms with E-state index in [1.165, 1.54) is 26.4 Å². The van der Waals surface area contributed by atoms with Gasteiger partial charge in [0.2, 0.25) is 0 Å². The molecule has 0 aliphatic heterocycles. The summed E-state index contributed by atoms with van der Waals surface area (Å²) in [4.78, 5) is 11.9. The average Bonchev–Trinajstić information content (AvgIpc) is 2.60. The molecule has 0 fully saturated rings. The molecule has 0 aromatic heterocycles. The molecule has 2 aromatic carbocycles. The van der Waals surface area contributed by atoms with E-state index in [-0.39, 0.29) is 18.8 Å². The van der Waals surface area contributed by atoms with E-state index in [2.05, 4.69) is 4.74 Å². The molecule has 25 heavy (non-hydrogen) atoms.